The van der Waals surface area contributed by atoms with Crippen molar-refractivity contribution in [1.82, 2.24) is 10.2 Å². The van der Waals surface area contributed by atoms with Crippen molar-refractivity contribution in [2.75, 3.05) is 13.1 Å². The molecule has 0 aromatic heterocycles. The number of piperidine rings is 1. The SMILES string of the molecule is O=C(O)c1ccc(CNC(=O)N2CCCC(C(O)C(F)(F)F)C2)cc1. The van der Waals surface area contributed by atoms with Gasteiger partial charge in [0.1, 0.15) is 0 Å². The van der Waals surface area contributed by atoms with Crippen LogP contribution in [0.1, 0.15) is 28.8 Å². The van der Waals surface area contributed by atoms with E-state index in [4.69, 9.17) is 5.11 Å². The van der Waals surface area contributed by atoms with Crippen LogP contribution in [0.2, 0.25) is 0 Å². The number of urea groups is 1. The first-order valence-corrected chi connectivity index (χ1v) is 7.78. The molecule has 1 aromatic carbocycles. The van der Waals surface area contributed by atoms with Crippen molar-refractivity contribution in [2.24, 2.45) is 5.92 Å². The van der Waals surface area contributed by atoms with E-state index in [1.807, 2.05) is 0 Å². The second-order valence-electron chi connectivity index (χ2n) is 6.00. The van der Waals surface area contributed by atoms with Crippen LogP contribution in [0.3, 0.4) is 0 Å². The molecule has 25 heavy (non-hydrogen) atoms. The number of rotatable bonds is 4. The molecular weight excluding hydrogens is 341 g/mol. The van der Waals surface area contributed by atoms with E-state index in [1.54, 1.807) is 12.1 Å². The maximum absolute atomic E-state index is 12.6. The van der Waals surface area contributed by atoms with Gasteiger partial charge in [-0.2, -0.15) is 13.2 Å². The average molecular weight is 360 g/mol. The zero-order chi connectivity index (χ0) is 18.6. The van der Waals surface area contributed by atoms with E-state index in [1.165, 1.54) is 17.0 Å². The molecule has 138 valence electrons. The lowest BCUT2D eigenvalue weighted by Crippen LogP contribution is -2.50. The lowest BCUT2D eigenvalue weighted by Gasteiger charge is -2.35. The summed E-state index contributed by atoms with van der Waals surface area (Å²) in [7, 11) is 0. The Morgan fingerprint density at radius 2 is 1.92 bits per heavy atom. The zero-order valence-corrected chi connectivity index (χ0v) is 13.3. The predicted octanol–water partition coefficient (Wildman–Crippen LogP) is 2.23. The highest BCUT2D eigenvalue weighted by molar-refractivity contribution is 5.87. The number of alkyl halides is 3. The number of benzene rings is 1. The standard InChI is InChI=1S/C16H19F3N2O4/c17-16(18,19)13(22)12-2-1-7-21(9-12)15(25)20-8-10-3-5-11(6-4-10)14(23)24/h3-6,12-13,22H,1-2,7-9H2,(H,20,25)(H,23,24). The molecule has 0 radical (unpaired) electrons. The quantitative estimate of drug-likeness (QED) is 0.768. The lowest BCUT2D eigenvalue weighted by molar-refractivity contribution is -0.222. The molecule has 1 heterocycles. The van der Waals surface area contributed by atoms with Gasteiger partial charge in [0, 0.05) is 25.6 Å². The number of carbonyl (C=O) groups excluding carboxylic acids is 1. The topological polar surface area (TPSA) is 89.9 Å². The Hall–Kier alpha value is -2.29. The number of hydrogen-bond donors (Lipinski definition) is 3. The van der Waals surface area contributed by atoms with Crippen LogP contribution in [0.25, 0.3) is 0 Å². The van der Waals surface area contributed by atoms with E-state index in [0.717, 1.165) is 0 Å². The van der Waals surface area contributed by atoms with Gasteiger partial charge in [0.2, 0.25) is 0 Å². The lowest BCUT2D eigenvalue weighted by atomic mass is 9.92. The molecule has 2 unspecified atom stereocenters. The van der Waals surface area contributed by atoms with Gasteiger partial charge in [0.15, 0.2) is 6.10 Å². The minimum Gasteiger partial charge on any atom is -0.478 e. The fraction of sp³-hybridized carbons (Fsp3) is 0.500. The third-order valence-electron chi connectivity index (χ3n) is 4.17. The number of aromatic carboxylic acids is 1. The van der Waals surface area contributed by atoms with E-state index < -0.39 is 30.2 Å². The summed E-state index contributed by atoms with van der Waals surface area (Å²) in [5.41, 5.74) is 0.789. The van der Waals surface area contributed by atoms with Crippen LogP contribution in [0.5, 0.6) is 0 Å². The monoisotopic (exact) mass is 360 g/mol. The fourth-order valence-corrected chi connectivity index (χ4v) is 2.77. The number of amides is 2. The van der Waals surface area contributed by atoms with Crippen molar-refractivity contribution in [2.45, 2.75) is 31.7 Å². The fourth-order valence-electron chi connectivity index (χ4n) is 2.77. The number of nitrogens with one attached hydrogen (secondary N) is 1. The maximum Gasteiger partial charge on any atom is 0.414 e. The molecule has 1 saturated heterocycles. The van der Waals surface area contributed by atoms with Gasteiger partial charge in [-0.1, -0.05) is 12.1 Å². The average Bonchev–Trinajstić information content (AvgIpc) is 2.58. The van der Waals surface area contributed by atoms with Gasteiger partial charge in [-0.25, -0.2) is 9.59 Å². The molecule has 2 atom stereocenters. The van der Waals surface area contributed by atoms with Crippen LogP contribution >= 0.6 is 0 Å². The minimum absolute atomic E-state index is 0.120. The Bertz CT molecular complexity index is 619. The summed E-state index contributed by atoms with van der Waals surface area (Å²) in [6.45, 7) is 0.289. The van der Waals surface area contributed by atoms with Gasteiger partial charge in [-0.15, -0.1) is 0 Å². The molecule has 0 aliphatic carbocycles. The summed E-state index contributed by atoms with van der Waals surface area (Å²) < 4.78 is 37.8. The first-order chi connectivity index (χ1) is 11.7. The van der Waals surface area contributed by atoms with Crippen LogP contribution in [0.4, 0.5) is 18.0 Å². The van der Waals surface area contributed by atoms with E-state index in [9.17, 15) is 27.9 Å². The number of nitrogens with zero attached hydrogens (tertiary/aromatic N) is 1. The van der Waals surface area contributed by atoms with Crippen LogP contribution < -0.4 is 5.32 Å². The first kappa shape index (κ1) is 19.0. The third kappa shape index (κ3) is 5.09. The van der Waals surface area contributed by atoms with Crippen molar-refractivity contribution < 1.29 is 33.0 Å². The van der Waals surface area contributed by atoms with Crippen molar-refractivity contribution in [3.05, 3.63) is 35.4 Å². The van der Waals surface area contributed by atoms with E-state index in [0.29, 0.717) is 18.5 Å². The summed E-state index contributed by atoms with van der Waals surface area (Å²) in [5, 5.41) is 20.8. The van der Waals surface area contributed by atoms with Crippen LogP contribution in [-0.2, 0) is 6.54 Å². The van der Waals surface area contributed by atoms with Gasteiger partial charge in [0.25, 0.3) is 0 Å². The molecule has 0 spiro atoms. The smallest absolute Gasteiger partial charge is 0.414 e. The van der Waals surface area contributed by atoms with E-state index in [-0.39, 0.29) is 25.1 Å². The Balaban J connectivity index is 1.88. The molecular formula is C16H19F3N2O4. The largest absolute Gasteiger partial charge is 0.478 e. The molecule has 2 amide bonds. The molecule has 0 bridgehead atoms. The van der Waals surface area contributed by atoms with Gasteiger partial charge in [-0.3, -0.25) is 0 Å². The zero-order valence-electron chi connectivity index (χ0n) is 13.3. The summed E-state index contributed by atoms with van der Waals surface area (Å²) in [6, 6.07) is 5.40. The third-order valence-corrected chi connectivity index (χ3v) is 4.17. The normalized spacial score (nSPS) is 19.4. The van der Waals surface area contributed by atoms with Crippen molar-refractivity contribution in [3.8, 4) is 0 Å². The Labute approximate surface area is 142 Å². The Kier molecular flexibility index (Phi) is 5.89. The number of halogens is 3. The molecule has 9 heteroatoms. The summed E-state index contributed by atoms with van der Waals surface area (Å²) in [4.78, 5) is 24.1. The van der Waals surface area contributed by atoms with Gasteiger partial charge < -0.3 is 20.4 Å². The van der Waals surface area contributed by atoms with Crippen molar-refractivity contribution in [3.63, 3.8) is 0 Å². The molecule has 1 aromatic rings. The molecule has 1 fully saturated rings. The van der Waals surface area contributed by atoms with Gasteiger partial charge >= 0.3 is 18.2 Å². The number of likely N-dealkylation sites (tertiary alicyclic amines) is 1. The number of carboxylic acid groups (broad SMARTS) is 1. The predicted molar refractivity (Wildman–Crippen MR) is 82.0 cm³/mol. The van der Waals surface area contributed by atoms with Crippen LogP contribution in [-0.4, -0.2) is 52.5 Å². The van der Waals surface area contributed by atoms with E-state index in [2.05, 4.69) is 5.32 Å². The molecule has 3 N–H and O–H groups in total. The number of aliphatic hydroxyl groups excluding tert-OH is 1. The maximum atomic E-state index is 12.6. The van der Waals surface area contributed by atoms with Crippen LogP contribution in [0.15, 0.2) is 24.3 Å². The number of hydrogen-bond acceptors (Lipinski definition) is 3. The molecule has 1 aliphatic rings. The Morgan fingerprint density at radius 1 is 1.28 bits per heavy atom. The highest BCUT2D eigenvalue weighted by Crippen LogP contribution is 2.30. The highest BCUT2D eigenvalue weighted by Gasteiger charge is 2.45. The van der Waals surface area contributed by atoms with Gasteiger partial charge in [0.05, 0.1) is 5.56 Å². The second-order valence-corrected chi connectivity index (χ2v) is 6.00. The van der Waals surface area contributed by atoms with Crippen molar-refractivity contribution >= 4 is 12.0 Å². The van der Waals surface area contributed by atoms with Crippen molar-refractivity contribution in [1.29, 1.82) is 0 Å². The second kappa shape index (κ2) is 7.73. The number of carbonyl (C=O) groups is 2. The molecule has 1 aliphatic heterocycles. The minimum atomic E-state index is -4.70. The van der Waals surface area contributed by atoms with E-state index >= 15 is 0 Å². The highest BCUT2D eigenvalue weighted by atomic mass is 19.4. The summed E-state index contributed by atoms with van der Waals surface area (Å²) in [6.07, 6.45) is -6.54. The molecule has 6 nitrogen and oxygen atoms in total. The molecule has 0 saturated carbocycles. The Morgan fingerprint density at radius 3 is 2.48 bits per heavy atom. The summed E-state index contributed by atoms with van der Waals surface area (Å²) >= 11 is 0. The summed E-state index contributed by atoms with van der Waals surface area (Å²) in [5.74, 6) is -2.09. The number of aliphatic hydroxyl groups is 1. The first-order valence-electron chi connectivity index (χ1n) is 7.78. The van der Waals surface area contributed by atoms with Crippen LogP contribution in [0, 0.1) is 5.92 Å². The molecule has 2 rings (SSSR count). The van der Waals surface area contributed by atoms with Gasteiger partial charge in [-0.05, 0) is 30.5 Å². The number of carboxylic acids is 1.